The summed E-state index contributed by atoms with van der Waals surface area (Å²) in [6.45, 7) is 2.48. The molecule has 0 fully saturated rings. The SMILES string of the molecule is C#CCn1c(C)c(/C=N\NC(=O)c2ccccc2Br)c2ccccc21. The molecule has 1 aromatic heterocycles. The Labute approximate surface area is 154 Å². The van der Waals surface area contributed by atoms with Crippen molar-refractivity contribution in [3.8, 4) is 12.3 Å². The lowest BCUT2D eigenvalue weighted by Gasteiger charge is -2.03. The van der Waals surface area contributed by atoms with Gasteiger partial charge < -0.3 is 4.57 Å². The Bertz CT molecular complexity index is 1010. The summed E-state index contributed by atoms with van der Waals surface area (Å²) in [4.78, 5) is 12.2. The largest absolute Gasteiger partial charge is 0.333 e. The zero-order valence-electron chi connectivity index (χ0n) is 13.7. The molecular formula is C20H16BrN3O. The van der Waals surface area contributed by atoms with Gasteiger partial charge in [0.2, 0.25) is 0 Å². The van der Waals surface area contributed by atoms with Crippen LogP contribution in [0, 0.1) is 19.3 Å². The summed E-state index contributed by atoms with van der Waals surface area (Å²) in [5.41, 5.74) is 6.11. The van der Waals surface area contributed by atoms with Crippen molar-refractivity contribution >= 4 is 39.0 Å². The molecule has 25 heavy (non-hydrogen) atoms. The lowest BCUT2D eigenvalue weighted by Crippen LogP contribution is -2.18. The van der Waals surface area contributed by atoms with Gasteiger partial charge in [-0.3, -0.25) is 4.79 Å². The molecule has 4 nitrogen and oxygen atoms in total. The molecule has 0 aliphatic heterocycles. The molecule has 2 aromatic carbocycles. The molecule has 0 spiro atoms. The topological polar surface area (TPSA) is 46.4 Å². The van der Waals surface area contributed by atoms with Crippen molar-refractivity contribution in [2.24, 2.45) is 5.10 Å². The normalized spacial score (nSPS) is 10.9. The number of carbonyl (C=O) groups excluding carboxylic acids is 1. The first-order chi connectivity index (χ1) is 12.1. The Morgan fingerprint density at radius 1 is 1.28 bits per heavy atom. The number of carbonyl (C=O) groups is 1. The third-order valence-electron chi connectivity index (χ3n) is 4.01. The first-order valence-corrected chi connectivity index (χ1v) is 8.52. The molecule has 1 amide bonds. The van der Waals surface area contributed by atoms with E-state index in [-0.39, 0.29) is 5.91 Å². The van der Waals surface area contributed by atoms with Crippen LogP contribution < -0.4 is 5.43 Å². The van der Waals surface area contributed by atoms with E-state index < -0.39 is 0 Å². The molecule has 3 aromatic rings. The van der Waals surface area contributed by atoms with Crippen LogP contribution in [0.1, 0.15) is 21.6 Å². The third kappa shape index (κ3) is 3.35. The van der Waals surface area contributed by atoms with Crippen LogP contribution in [0.25, 0.3) is 10.9 Å². The molecular weight excluding hydrogens is 378 g/mol. The highest BCUT2D eigenvalue weighted by Gasteiger charge is 2.12. The molecule has 0 saturated heterocycles. The number of hydrogen-bond donors (Lipinski definition) is 1. The number of aromatic nitrogens is 1. The number of amides is 1. The Hall–Kier alpha value is -2.84. The number of halogens is 1. The third-order valence-corrected chi connectivity index (χ3v) is 4.70. The number of fused-ring (bicyclic) bond motifs is 1. The van der Waals surface area contributed by atoms with Crippen molar-refractivity contribution in [2.45, 2.75) is 13.5 Å². The summed E-state index contributed by atoms with van der Waals surface area (Å²) < 4.78 is 2.79. The van der Waals surface area contributed by atoms with E-state index in [9.17, 15) is 4.79 Å². The summed E-state index contributed by atoms with van der Waals surface area (Å²) in [6.07, 6.45) is 7.15. The van der Waals surface area contributed by atoms with E-state index in [2.05, 4.69) is 36.9 Å². The van der Waals surface area contributed by atoms with Gasteiger partial charge >= 0.3 is 0 Å². The van der Waals surface area contributed by atoms with Gasteiger partial charge in [0.25, 0.3) is 5.91 Å². The Morgan fingerprint density at radius 3 is 2.76 bits per heavy atom. The van der Waals surface area contributed by atoms with Gasteiger partial charge in [0.1, 0.15) is 0 Å². The fourth-order valence-corrected chi connectivity index (χ4v) is 3.24. The van der Waals surface area contributed by atoms with E-state index in [0.29, 0.717) is 12.1 Å². The van der Waals surface area contributed by atoms with Crippen molar-refractivity contribution in [3.63, 3.8) is 0 Å². The Kier molecular flexibility index (Phi) is 5.01. The van der Waals surface area contributed by atoms with Crippen LogP contribution >= 0.6 is 15.9 Å². The molecule has 0 radical (unpaired) electrons. The van der Waals surface area contributed by atoms with Crippen LogP contribution in [-0.4, -0.2) is 16.7 Å². The standard InChI is InChI=1S/C20H16BrN3O/c1-3-12-24-14(2)17(15-8-5-7-11-19(15)24)13-22-23-20(25)16-9-4-6-10-18(16)21/h1,4-11,13H,12H2,2H3,(H,23,25)/b22-13-. The summed E-state index contributed by atoms with van der Waals surface area (Å²) in [5.74, 6) is 2.41. The highest BCUT2D eigenvalue weighted by atomic mass is 79.9. The molecule has 0 aliphatic carbocycles. The zero-order valence-corrected chi connectivity index (χ0v) is 15.2. The molecule has 1 N–H and O–H groups in total. The lowest BCUT2D eigenvalue weighted by atomic mass is 10.1. The quantitative estimate of drug-likeness (QED) is 0.404. The zero-order chi connectivity index (χ0) is 17.8. The van der Waals surface area contributed by atoms with E-state index in [1.807, 2.05) is 43.3 Å². The van der Waals surface area contributed by atoms with Gasteiger partial charge in [-0.15, -0.1) is 6.42 Å². The minimum Gasteiger partial charge on any atom is -0.333 e. The maximum atomic E-state index is 12.2. The van der Waals surface area contributed by atoms with Gasteiger partial charge in [0, 0.05) is 26.6 Å². The molecule has 1 heterocycles. The van der Waals surface area contributed by atoms with Gasteiger partial charge in [-0.25, -0.2) is 5.43 Å². The van der Waals surface area contributed by atoms with Crippen LogP contribution in [0.2, 0.25) is 0 Å². The number of para-hydroxylation sites is 1. The number of nitrogens with zero attached hydrogens (tertiary/aromatic N) is 2. The summed E-state index contributed by atoms with van der Waals surface area (Å²) in [6, 6.07) is 15.2. The maximum Gasteiger partial charge on any atom is 0.272 e. The molecule has 0 saturated carbocycles. The van der Waals surface area contributed by atoms with Crippen molar-refractivity contribution < 1.29 is 4.79 Å². The predicted octanol–water partition coefficient (Wildman–Crippen LogP) is 4.11. The average molecular weight is 394 g/mol. The second-order valence-electron chi connectivity index (χ2n) is 5.49. The van der Waals surface area contributed by atoms with Crippen molar-refractivity contribution in [3.05, 3.63) is 69.8 Å². The highest BCUT2D eigenvalue weighted by molar-refractivity contribution is 9.10. The van der Waals surface area contributed by atoms with Gasteiger partial charge in [-0.2, -0.15) is 5.10 Å². The predicted molar refractivity (Wildman–Crippen MR) is 105 cm³/mol. The second-order valence-corrected chi connectivity index (χ2v) is 6.34. The molecule has 3 rings (SSSR count). The van der Waals surface area contributed by atoms with Crippen molar-refractivity contribution in [1.82, 2.24) is 9.99 Å². The van der Waals surface area contributed by atoms with E-state index in [1.165, 1.54) is 0 Å². The van der Waals surface area contributed by atoms with E-state index in [0.717, 1.165) is 26.6 Å². The van der Waals surface area contributed by atoms with Crippen LogP contribution in [-0.2, 0) is 6.54 Å². The van der Waals surface area contributed by atoms with Gasteiger partial charge in [0.05, 0.1) is 18.3 Å². The number of hydrazone groups is 1. The fourth-order valence-electron chi connectivity index (χ4n) is 2.78. The van der Waals surface area contributed by atoms with E-state index in [1.54, 1.807) is 18.3 Å². The van der Waals surface area contributed by atoms with Crippen LogP contribution in [0.4, 0.5) is 0 Å². The van der Waals surface area contributed by atoms with Crippen molar-refractivity contribution in [2.75, 3.05) is 0 Å². The maximum absolute atomic E-state index is 12.2. The first kappa shape index (κ1) is 17.0. The first-order valence-electron chi connectivity index (χ1n) is 7.72. The fraction of sp³-hybridized carbons (Fsp3) is 0.100. The molecule has 0 aliphatic rings. The van der Waals surface area contributed by atoms with Crippen molar-refractivity contribution in [1.29, 1.82) is 0 Å². The molecule has 0 bridgehead atoms. The lowest BCUT2D eigenvalue weighted by molar-refractivity contribution is 0.0954. The highest BCUT2D eigenvalue weighted by Crippen LogP contribution is 2.24. The van der Waals surface area contributed by atoms with E-state index in [4.69, 9.17) is 6.42 Å². The smallest absolute Gasteiger partial charge is 0.272 e. The van der Waals surface area contributed by atoms with Crippen LogP contribution in [0.5, 0.6) is 0 Å². The summed E-state index contributed by atoms with van der Waals surface area (Å²) in [7, 11) is 0. The summed E-state index contributed by atoms with van der Waals surface area (Å²) in [5, 5.41) is 5.18. The van der Waals surface area contributed by atoms with Gasteiger partial charge in [0.15, 0.2) is 0 Å². The minimum absolute atomic E-state index is 0.270. The van der Waals surface area contributed by atoms with Gasteiger partial charge in [-0.1, -0.05) is 36.3 Å². The number of nitrogens with one attached hydrogen (secondary N) is 1. The summed E-state index contributed by atoms with van der Waals surface area (Å²) >= 11 is 3.36. The number of rotatable bonds is 4. The number of terminal acetylenes is 1. The second kappa shape index (κ2) is 7.37. The molecule has 0 atom stereocenters. The van der Waals surface area contributed by atoms with E-state index >= 15 is 0 Å². The van der Waals surface area contributed by atoms with Crippen LogP contribution in [0.3, 0.4) is 0 Å². The number of benzene rings is 2. The monoisotopic (exact) mass is 393 g/mol. The molecule has 5 heteroatoms. The van der Waals surface area contributed by atoms with Crippen LogP contribution in [0.15, 0.2) is 58.1 Å². The molecule has 124 valence electrons. The number of hydrogen-bond acceptors (Lipinski definition) is 2. The Balaban J connectivity index is 1.90. The minimum atomic E-state index is -0.270. The Morgan fingerprint density at radius 2 is 2.00 bits per heavy atom. The molecule has 0 unspecified atom stereocenters. The van der Waals surface area contributed by atoms with Gasteiger partial charge in [-0.05, 0) is 41.1 Å². The average Bonchev–Trinajstić information content (AvgIpc) is 2.88.